The van der Waals surface area contributed by atoms with Crippen LogP contribution in [0.1, 0.15) is 37.5 Å². The fourth-order valence-corrected chi connectivity index (χ4v) is 5.06. The second-order valence-corrected chi connectivity index (χ2v) is 9.91. The van der Waals surface area contributed by atoms with Crippen molar-refractivity contribution in [2.75, 3.05) is 11.5 Å². The highest BCUT2D eigenvalue weighted by Gasteiger charge is 2.40. The predicted molar refractivity (Wildman–Crippen MR) is 138 cm³/mol. The standard InChI is InChI=1S/C26H17Cl2NO7S/c27-18-10-7-15(11-19(18)28)20(30)13-36-26(35)14-5-8-16(9-6-14)29-23(31)12-22(24(29)32)37-21-4-2-1-3-17(21)25(33)34/h1-11,22H,12-13H2,(H,33,34). The number of aromatic carboxylic acids is 1. The van der Waals surface area contributed by atoms with Gasteiger partial charge >= 0.3 is 11.9 Å². The van der Waals surface area contributed by atoms with E-state index in [1.165, 1.54) is 48.5 Å². The van der Waals surface area contributed by atoms with E-state index in [9.17, 15) is 29.1 Å². The number of hydrogen-bond acceptors (Lipinski definition) is 7. The first-order valence-electron chi connectivity index (χ1n) is 10.8. The van der Waals surface area contributed by atoms with Crippen LogP contribution in [0, 0.1) is 0 Å². The van der Waals surface area contributed by atoms with Crippen molar-refractivity contribution in [3.05, 3.63) is 93.5 Å². The molecule has 1 atom stereocenters. The third-order valence-corrected chi connectivity index (χ3v) is 7.43. The number of esters is 1. The molecule has 3 aromatic rings. The molecule has 0 saturated carbocycles. The molecule has 8 nitrogen and oxygen atoms in total. The van der Waals surface area contributed by atoms with Crippen LogP contribution in [0.3, 0.4) is 0 Å². The zero-order valence-electron chi connectivity index (χ0n) is 18.9. The van der Waals surface area contributed by atoms with Gasteiger partial charge in [-0.1, -0.05) is 35.3 Å². The van der Waals surface area contributed by atoms with Crippen LogP contribution >= 0.6 is 35.0 Å². The van der Waals surface area contributed by atoms with Crippen LogP contribution in [0.2, 0.25) is 10.0 Å². The molecule has 2 amide bonds. The first-order valence-corrected chi connectivity index (χ1v) is 12.4. The maximum Gasteiger partial charge on any atom is 0.338 e. The van der Waals surface area contributed by atoms with Gasteiger partial charge in [0.25, 0.3) is 0 Å². The largest absolute Gasteiger partial charge is 0.478 e. The monoisotopic (exact) mass is 557 g/mol. The molecule has 1 N–H and O–H groups in total. The van der Waals surface area contributed by atoms with Crippen molar-refractivity contribution in [2.24, 2.45) is 0 Å². The van der Waals surface area contributed by atoms with E-state index in [-0.39, 0.29) is 33.8 Å². The molecule has 0 spiro atoms. The Kier molecular flexibility index (Phi) is 7.97. The number of Topliss-reactive ketones (excluding diaryl/α,β-unsaturated/α-hetero) is 1. The van der Waals surface area contributed by atoms with E-state index in [1.807, 2.05) is 0 Å². The van der Waals surface area contributed by atoms with Crippen molar-refractivity contribution in [1.82, 2.24) is 0 Å². The summed E-state index contributed by atoms with van der Waals surface area (Å²) in [5, 5.41) is 9.07. The number of amides is 2. The lowest BCUT2D eigenvalue weighted by atomic mass is 10.1. The maximum absolute atomic E-state index is 13.0. The normalized spacial score (nSPS) is 15.1. The van der Waals surface area contributed by atoms with Gasteiger partial charge in [-0.05, 0) is 54.6 Å². The summed E-state index contributed by atoms with van der Waals surface area (Å²) in [5.41, 5.74) is 0.660. The van der Waals surface area contributed by atoms with Crippen LogP contribution in [-0.2, 0) is 14.3 Å². The summed E-state index contributed by atoms with van der Waals surface area (Å²) < 4.78 is 5.07. The number of carboxylic acid groups (broad SMARTS) is 1. The van der Waals surface area contributed by atoms with Gasteiger partial charge < -0.3 is 9.84 Å². The Labute approximate surface area is 225 Å². The minimum Gasteiger partial charge on any atom is -0.478 e. The molecule has 1 aliphatic heterocycles. The lowest BCUT2D eigenvalue weighted by molar-refractivity contribution is -0.121. The smallest absolute Gasteiger partial charge is 0.338 e. The SMILES string of the molecule is O=C(COC(=O)c1ccc(N2C(=O)CC(Sc3ccccc3C(=O)O)C2=O)cc1)c1ccc(Cl)c(Cl)c1. The first kappa shape index (κ1) is 26.4. The van der Waals surface area contributed by atoms with Crippen molar-refractivity contribution in [3.8, 4) is 0 Å². The Balaban J connectivity index is 1.40. The van der Waals surface area contributed by atoms with Gasteiger partial charge in [-0.3, -0.25) is 14.4 Å². The molecule has 1 saturated heterocycles. The Morgan fingerprint density at radius 1 is 0.946 bits per heavy atom. The fourth-order valence-electron chi connectivity index (χ4n) is 3.58. The number of benzene rings is 3. The van der Waals surface area contributed by atoms with E-state index < -0.39 is 41.4 Å². The summed E-state index contributed by atoms with van der Waals surface area (Å²) >= 11 is 12.8. The molecule has 11 heteroatoms. The summed E-state index contributed by atoms with van der Waals surface area (Å²) in [4.78, 5) is 63.1. The molecule has 0 radical (unpaired) electrons. The average molecular weight is 558 g/mol. The van der Waals surface area contributed by atoms with Crippen molar-refractivity contribution >= 4 is 70.2 Å². The zero-order chi connectivity index (χ0) is 26.7. The number of carbonyl (C=O) groups is 5. The molecule has 0 aromatic heterocycles. The van der Waals surface area contributed by atoms with Gasteiger partial charge in [0.2, 0.25) is 11.8 Å². The quantitative estimate of drug-likeness (QED) is 0.229. The molecule has 1 unspecified atom stereocenters. The molecular formula is C26H17Cl2NO7S. The molecule has 0 bridgehead atoms. The van der Waals surface area contributed by atoms with Crippen LogP contribution in [0.4, 0.5) is 5.69 Å². The second-order valence-electron chi connectivity index (χ2n) is 7.85. The summed E-state index contributed by atoms with van der Waals surface area (Å²) in [6.07, 6.45) is -0.0991. The molecule has 1 aliphatic rings. The van der Waals surface area contributed by atoms with Gasteiger partial charge in [-0.15, -0.1) is 11.8 Å². The highest BCUT2D eigenvalue weighted by atomic mass is 35.5. The number of carbonyl (C=O) groups excluding carboxylic acids is 4. The summed E-state index contributed by atoms with van der Waals surface area (Å²) in [5.74, 6) is -3.30. The van der Waals surface area contributed by atoms with E-state index in [0.29, 0.717) is 9.92 Å². The molecule has 1 fully saturated rings. The predicted octanol–water partition coefficient (Wildman–Crippen LogP) is 5.16. The Bertz CT molecular complexity index is 1420. The van der Waals surface area contributed by atoms with E-state index in [0.717, 1.165) is 16.7 Å². The Morgan fingerprint density at radius 2 is 1.62 bits per heavy atom. The number of hydrogen-bond donors (Lipinski definition) is 1. The summed E-state index contributed by atoms with van der Waals surface area (Å²) in [6, 6.07) is 16.2. The molecular weight excluding hydrogens is 541 g/mol. The second kappa shape index (κ2) is 11.2. The number of ether oxygens (including phenoxy) is 1. The molecule has 4 rings (SSSR count). The highest BCUT2D eigenvalue weighted by Crippen LogP contribution is 2.35. The fraction of sp³-hybridized carbons (Fsp3) is 0.115. The van der Waals surface area contributed by atoms with Gasteiger partial charge in [-0.2, -0.15) is 0 Å². The van der Waals surface area contributed by atoms with E-state index in [1.54, 1.807) is 18.2 Å². The number of thioether (sulfide) groups is 1. The van der Waals surface area contributed by atoms with E-state index >= 15 is 0 Å². The molecule has 1 heterocycles. The highest BCUT2D eigenvalue weighted by molar-refractivity contribution is 8.00. The van der Waals surface area contributed by atoms with Crippen LogP contribution < -0.4 is 4.90 Å². The third-order valence-electron chi connectivity index (χ3n) is 5.43. The van der Waals surface area contributed by atoms with Crippen molar-refractivity contribution in [3.63, 3.8) is 0 Å². The Hall–Kier alpha value is -3.66. The first-order chi connectivity index (χ1) is 17.7. The van der Waals surface area contributed by atoms with Crippen molar-refractivity contribution in [1.29, 1.82) is 0 Å². The number of nitrogens with zero attached hydrogens (tertiary/aromatic N) is 1. The zero-order valence-corrected chi connectivity index (χ0v) is 21.2. The van der Waals surface area contributed by atoms with E-state index in [4.69, 9.17) is 27.9 Å². The average Bonchev–Trinajstić information content (AvgIpc) is 3.16. The maximum atomic E-state index is 13.0. The van der Waals surface area contributed by atoms with E-state index in [2.05, 4.69) is 0 Å². The minimum absolute atomic E-state index is 0.0479. The molecule has 3 aromatic carbocycles. The lowest BCUT2D eigenvalue weighted by Crippen LogP contribution is -2.31. The summed E-state index contributed by atoms with van der Waals surface area (Å²) in [7, 11) is 0. The number of halogens is 2. The van der Waals surface area contributed by atoms with Crippen LogP contribution in [0.15, 0.2) is 71.6 Å². The summed E-state index contributed by atoms with van der Waals surface area (Å²) in [6.45, 7) is -0.516. The number of rotatable bonds is 8. The van der Waals surface area contributed by atoms with Crippen LogP contribution in [0.5, 0.6) is 0 Å². The Morgan fingerprint density at radius 3 is 2.30 bits per heavy atom. The lowest BCUT2D eigenvalue weighted by Gasteiger charge is -2.15. The van der Waals surface area contributed by atoms with Gasteiger partial charge in [0.1, 0.15) is 0 Å². The molecule has 0 aliphatic carbocycles. The van der Waals surface area contributed by atoms with Crippen LogP contribution in [0.25, 0.3) is 0 Å². The van der Waals surface area contributed by atoms with Crippen molar-refractivity contribution < 1.29 is 33.8 Å². The third kappa shape index (κ3) is 5.85. The number of carboxylic acids is 1. The minimum atomic E-state index is -1.13. The van der Waals surface area contributed by atoms with Crippen molar-refractivity contribution in [2.45, 2.75) is 16.6 Å². The number of imide groups is 1. The van der Waals surface area contributed by atoms with Gasteiger partial charge in [-0.25, -0.2) is 14.5 Å². The molecule has 188 valence electrons. The number of ketones is 1. The van der Waals surface area contributed by atoms with Gasteiger partial charge in [0.05, 0.1) is 32.1 Å². The van der Waals surface area contributed by atoms with Crippen LogP contribution in [-0.4, -0.2) is 46.5 Å². The van der Waals surface area contributed by atoms with Gasteiger partial charge in [0.15, 0.2) is 12.4 Å². The molecule has 37 heavy (non-hydrogen) atoms. The van der Waals surface area contributed by atoms with Gasteiger partial charge in [0, 0.05) is 16.9 Å². The topological polar surface area (TPSA) is 118 Å². The number of anilines is 1.